The standard InChI is InChI=1S/C17H19N3/c18-11-16(12-19)14-4-3-13-5-6-17(10-15(13)9-14)20-7-1-2-8-20/h9-10,13H,1-8H2/p+1/t13-/m0/s1. The zero-order valence-corrected chi connectivity index (χ0v) is 11.8. The molecule has 3 aliphatic rings. The van der Waals surface area contributed by atoms with Gasteiger partial charge in [-0.3, -0.25) is 0 Å². The molecular weight excluding hydrogens is 246 g/mol. The first-order chi connectivity index (χ1) is 9.81. The minimum absolute atomic E-state index is 0.296. The van der Waals surface area contributed by atoms with Gasteiger partial charge in [0.15, 0.2) is 0 Å². The van der Waals surface area contributed by atoms with Gasteiger partial charge in [0.2, 0.25) is 0 Å². The second-order valence-corrected chi connectivity index (χ2v) is 6.02. The quantitative estimate of drug-likeness (QED) is 0.738. The summed E-state index contributed by atoms with van der Waals surface area (Å²) in [6, 6.07) is 4.06. The van der Waals surface area contributed by atoms with Crippen molar-refractivity contribution in [2.75, 3.05) is 13.1 Å². The molecule has 0 aromatic carbocycles. The molecule has 3 heteroatoms. The van der Waals surface area contributed by atoms with E-state index in [-0.39, 0.29) is 0 Å². The predicted octanol–water partition coefficient (Wildman–Crippen LogP) is 2.02. The summed E-state index contributed by atoms with van der Waals surface area (Å²) in [6.45, 7) is 2.54. The van der Waals surface area contributed by atoms with Crippen LogP contribution in [0.3, 0.4) is 0 Å². The minimum Gasteiger partial charge on any atom is -0.306 e. The van der Waals surface area contributed by atoms with E-state index in [9.17, 15) is 0 Å². The lowest BCUT2D eigenvalue weighted by Crippen LogP contribution is -3.08. The third kappa shape index (κ3) is 2.42. The normalized spacial score (nSPS) is 26.1. The monoisotopic (exact) mass is 266 g/mol. The predicted molar refractivity (Wildman–Crippen MR) is 76.3 cm³/mol. The maximum Gasteiger partial charge on any atom is 0.132 e. The van der Waals surface area contributed by atoms with E-state index in [1.165, 1.54) is 44.3 Å². The lowest BCUT2D eigenvalue weighted by Gasteiger charge is -2.30. The van der Waals surface area contributed by atoms with Crippen molar-refractivity contribution in [3.63, 3.8) is 0 Å². The third-order valence-corrected chi connectivity index (χ3v) is 4.88. The molecule has 20 heavy (non-hydrogen) atoms. The molecule has 0 aromatic rings. The first kappa shape index (κ1) is 13.2. The Balaban J connectivity index is 1.91. The summed E-state index contributed by atoms with van der Waals surface area (Å²) < 4.78 is 0. The fraction of sp³-hybridized carbons (Fsp3) is 0.529. The van der Waals surface area contributed by atoms with E-state index in [0.717, 1.165) is 18.4 Å². The minimum atomic E-state index is 0.296. The molecule has 1 heterocycles. The van der Waals surface area contributed by atoms with E-state index in [2.05, 4.69) is 12.2 Å². The van der Waals surface area contributed by atoms with Crippen molar-refractivity contribution in [1.29, 1.82) is 10.5 Å². The van der Waals surface area contributed by atoms with Gasteiger partial charge in [-0.05, 0) is 42.4 Å². The molecule has 0 saturated carbocycles. The number of quaternary nitrogens is 1. The van der Waals surface area contributed by atoms with E-state index in [0.29, 0.717) is 11.5 Å². The van der Waals surface area contributed by atoms with E-state index >= 15 is 0 Å². The number of allylic oxidation sites excluding steroid dienone is 6. The van der Waals surface area contributed by atoms with Crippen LogP contribution >= 0.6 is 0 Å². The lowest BCUT2D eigenvalue weighted by molar-refractivity contribution is -0.849. The van der Waals surface area contributed by atoms with Crippen LogP contribution in [0.1, 0.15) is 38.5 Å². The maximum absolute atomic E-state index is 9.02. The van der Waals surface area contributed by atoms with Crippen LogP contribution in [-0.2, 0) is 0 Å². The van der Waals surface area contributed by atoms with E-state index in [1.54, 1.807) is 10.6 Å². The Morgan fingerprint density at radius 2 is 1.75 bits per heavy atom. The average Bonchev–Trinajstić information content (AvgIpc) is 3.02. The highest BCUT2D eigenvalue weighted by atomic mass is 15.1. The fourth-order valence-corrected chi connectivity index (χ4v) is 3.73. The molecule has 0 amide bonds. The Morgan fingerprint density at radius 1 is 1.05 bits per heavy atom. The molecule has 1 aliphatic heterocycles. The van der Waals surface area contributed by atoms with E-state index < -0.39 is 0 Å². The van der Waals surface area contributed by atoms with Gasteiger partial charge >= 0.3 is 0 Å². The summed E-state index contributed by atoms with van der Waals surface area (Å²) in [4.78, 5) is 1.65. The van der Waals surface area contributed by atoms with Gasteiger partial charge < -0.3 is 4.90 Å². The highest BCUT2D eigenvalue weighted by Crippen LogP contribution is 2.37. The molecule has 1 atom stereocenters. The van der Waals surface area contributed by atoms with Gasteiger partial charge in [0.05, 0.1) is 13.1 Å². The molecule has 1 N–H and O–H groups in total. The van der Waals surface area contributed by atoms with Gasteiger partial charge in [-0.1, -0.05) is 6.08 Å². The van der Waals surface area contributed by atoms with Gasteiger partial charge in [-0.2, -0.15) is 10.5 Å². The molecule has 0 bridgehead atoms. The molecule has 1 fully saturated rings. The Kier molecular flexibility index (Phi) is 3.72. The highest BCUT2D eigenvalue weighted by Gasteiger charge is 2.29. The Labute approximate surface area is 120 Å². The van der Waals surface area contributed by atoms with Crippen LogP contribution in [0, 0.1) is 28.6 Å². The van der Waals surface area contributed by atoms with E-state index in [1.807, 2.05) is 12.1 Å². The molecule has 102 valence electrons. The number of nitrogens with zero attached hydrogens (tertiary/aromatic N) is 2. The second kappa shape index (κ2) is 5.65. The van der Waals surface area contributed by atoms with Crippen LogP contribution in [0.5, 0.6) is 0 Å². The zero-order valence-electron chi connectivity index (χ0n) is 11.8. The van der Waals surface area contributed by atoms with Crippen molar-refractivity contribution in [3.05, 3.63) is 34.6 Å². The molecule has 2 aliphatic carbocycles. The first-order valence-electron chi connectivity index (χ1n) is 7.62. The number of likely N-dealkylation sites (tertiary alicyclic amines) is 1. The van der Waals surface area contributed by atoms with Crippen LogP contribution in [0.15, 0.2) is 34.6 Å². The van der Waals surface area contributed by atoms with Crippen molar-refractivity contribution in [1.82, 2.24) is 0 Å². The summed E-state index contributed by atoms with van der Waals surface area (Å²) in [6.07, 6.45) is 11.6. The largest absolute Gasteiger partial charge is 0.306 e. The van der Waals surface area contributed by atoms with Crippen molar-refractivity contribution in [2.45, 2.75) is 38.5 Å². The molecule has 3 nitrogen and oxygen atoms in total. The van der Waals surface area contributed by atoms with Gasteiger partial charge in [-0.15, -0.1) is 0 Å². The van der Waals surface area contributed by atoms with Crippen LogP contribution < -0.4 is 4.90 Å². The third-order valence-electron chi connectivity index (χ3n) is 4.88. The first-order valence-corrected chi connectivity index (χ1v) is 7.62. The van der Waals surface area contributed by atoms with Gasteiger partial charge in [0, 0.05) is 19.3 Å². The van der Waals surface area contributed by atoms with E-state index in [4.69, 9.17) is 10.5 Å². The lowest BCUT2D eigenvalue weighted by atomic mass is 9.78. The Morgan fingerprint density at radius 3 is 2.45 bits per heavy atom. The summed E-state index contributed by atoms with van der Waals surface area (Å²) in [5.74, 6) is 0.642. The van der Waals surface area contributed by atoms with Crippen molar-refractivity contribution in [3.8, 4) is 12.1 Å². The zero-order chi connectivity index (χ0) is 13.9. The van der Waals surface area contributed by atoms with Crippen LogP contribution in [0.25, 0.3) is 0 Å². The van der Waals surface area contributed by atoms with Crippen LogP contribution in [-0.4, -0.2) is 13.1 Å². The van der Waals surface area contributed by atoms with Gasteiger partial charge in [0.25, 0.3) is 0 Å². The van der Waals surface area contributed by atoms with Gasteiger partial charge in [0.1, 0.15) is 23.4 Å². The smallest absolute Gasteiger partial charge is 0.132 e. The fourth-order valence-electron chi connectivity index (χ4n) is 3.73. The SMILES string of the molecule is N#CC(C#N)=C1C=C2C=C([NH+]3CCCC3)CC[C@@H]2CC1. The molecular formula is C17H20N3+. The van der Waals surface area contributed by atoms with Crippen molar-refractivity contribution in [2.24, 2.45) is 5.92 Å². The van der Waals surface area contributed by atoms with Crippen LogP contribution in [0.4, 0.5) is 0 Å². The number of fused-ring (bicyclic) bond motifs is 1. The molecule has 0 spiro atoms. The number of hydrogen-bond acceptors (Lipinski definition) is 2. The summed E-state index contributed by atoms with van der Waals surface area (Å²) in [5, 5.41) is 18.0. The molecule has 3 rings (SSSR count). The van der Waals surface area contributed by atoms with Crippen molar-refractivity contribution >= 4 is 0 Å². The maximum atomic E-state index is 9.02. The molecule has 0 aromatic heterocycles. The summed E-state index contributed by atoms with van der Waals surface area (Å²) >= 11 is 0. The highest BCUT2D eigenvalue weighted by molar-refractivity contribution is 5.49. The molecule has 0 unspecified atom stereocenters. The number of nitrogens with one attached hydrogen (secondary N) is 1. The second-order valence-electron chi connectivity index (χ2n) is 6.02. The molecule has 1 saturated heterocycles. The number of rotatable bonds is 1. The summed E-state index contributed by atoms with van der Waals surface area (Å²) in [5.41, 5.74) is 4.14. The van der Waals surface area contributed by atoms with Crippen molar-refractivity contribution < 1.29 is 4.90 Å². The molecule has 0 radical (unpaired) electrons. The summed E-state index contributed by atoms with van der Waals surface area (Å²) in [7, 11) is 0. The Hall–Kier alpha value is -1.84. The average molecular weight is 266 g/mol. The number of hydrogen-bond donors (Lipinski definition) is 1. The Bertz CT molecular complexity index is 558. The van der Waals surface area contributed by atoms with Gasteiger partial charge in [-0.25, -0.2) is 0 Å². The number of nitriles is 2. The van der Waals surface area contributed by atoms with Crippen LogP contribution in [0.2, 0.25) is 0 Å². The topological polar surface area (TPSA) is 52.0 Å².